The molecule has 0 unspecified atom stereocenters. The molecule has 0 fully saturated rings. The molecule has 5 heteroatoms. The summed E-state index contributed by atoms with van der Waals surface area (Å²) in [6, 6.07) is 9.08. The van der Waals surface area contributed by atoms with Crippen LogP contribution in [0.1, 0.15) is 42.7 Å². The summed E-state index contributed by atoms with van der Waals surface area (Å²) >= 11 is 0. The molecule has 22 heavy (non-hydrogen) atoms. The Labute approximate surface area is 129 Å². The molecule has 0 N–H and O–H groups in total. The molecule has 0 bridgehead atoms. The lowest BCUT2D eigenvalue weighted by Gasteiger charge is -2.14. The lowest BCUT2D eigenvalue weighted by Crippen LogP contribution is -2.25. The average molecular weight is 301 g/mol. The number of pyridine rings is 1. The number of benzene rings is 1. The minimum atomic E-state index is -0.952. The Balaban J connectivity index is 2.44. The lowest BCUT2D eigenvalue weighted by molar-refractivity contribution is -0.149. The number of carbonyl (C=O) groups is 2. The van der Waals surface area contributed by atoms with Crippen molar-refractivity contribution in [3.8, 4) is 0 Å². The first-order valence-corrected chi connectivity index (χ1v) is 7.12. The summed E-state index contributed by atoms with van der Waals surface area (Å²) in [5, 5.41) is 0.703. The SMILES string of the molecule is COC(=O)[C@@H](C)OC(=O)c1cc(C(C)C)nc2ccccc12. The predicted molar refractivity (Wildman–Crippen MR) is 82.7 cm³/mol. The first-order chi connectivity index (χ1) is 10.4. The molecule has 0 saturated carbocycles. The Morgan fingerprint density at radius 2 is 1.82 bits per heavy atom. The first-order valence-electron chi connectivity index (χ1n) is 7.12. The van der Waals surface area contributed by atoms with Crippen LogP contribution in [0.25, 0.3) is 10.9 Å². The largest absolute Gasteiger partial charge is 0.466 e. The molecular formula is C17H19NO4. The fourth-order valence-corrected chi connectivity index (χ4v) is 2.10. The molecule has 5 nitrogen and oxygen atoms in total. The Hall–Kier alpha value is -2.43. The lowest BCUT2D eigenvalue weighted by atomic mass is 10.0. The van der Waals surface area contributed by atoms with Gasteiger partial charge in [-0.25, -0.2) is 9.59 Å². The first kappa shape index (κ1) is 15.9. The van der Waals surface area contributed by atoms with E-state index in [0.29, 0.717) is 10.9 Å². The van der Waals surface area contributed by atoms with Gasteiger partial charge in [-0.05, 0) is 25.0 Å². The Morgan fingerprint density at radius 3 is 2.45 bits per heavy atom. The van der Waals surface area contributed by atoms with Crippen molar-refractivity contribution < 1.29 is 19.1 Å². The van der Waals surface area contributed by atoms with Gasteiger partial charge in [0.25, 0.3) is 0 Å². The molecule has 0 aliphatic carbocycles. The van der Waals surface area contributed by atoms with Crippen LogP contribution in [0, 0.1) is 0 Å². The van der Waals surface area contributed by atoms with Gasteiger partial charge in [0.15, 0.2) is 6.10 Å². The zero-order valence-corrected chi connectivity index (χ0v) is 13.1. The van der Waals surface area contributed by atoms with E-state index in [-0.39, 0.29) is 5.92 Å². The van der Waals surface area contributed by atoms with Crippen LogP contribution in [0.2, 0.25) is 0 Å². The number of carbonyl (C=O) groups excluding carboxylic acids is 2. The van der Waals surface area contributed by atoms with Crippen molar-refractivity contribution in [3.05, 3.63) is 41.6 Å². The Kier molecular flexibility index (Phi) is 4.75. The van der Waals surface area contributed by atoms with E-state index >= 15 is 0 Å². The van der Waals surface area contributed by atoms with Crippen molar-refractivity contribution in [1.29, 1.82) is 0 Å². The van der Waals surface area contributed by atoms with E-state index in [0.717, 1.165) is 11.2 Å². The Morgan fingerprint density at radius 1 is 1.14 bits per heavy atom. The molecule has 0 amide bonds. The van der Waals surface area contributed by atoms with Crippen molar-refractivity contribution in [2.45, 2.75) is 32.8 Å². The number of aromatic nitrogens is 1. The van der Waals surface area contributed by atoms with E-state index < -0.39 is 18.0 Å². The summed E-state index contributed by atoms with van der Waals surface area (Å²) in [6.45, 7) is 5.49. The molecule has 0 saturated heterocycles. The molecular weight excluding hydrogens is 282 g/mol. The molecule has 1 aromatic heterocycles. The van der Waals surface area contributed by atoms with Gasteiger partial charge in [-0.2, -0.15) is 0 Å². The predicted octanol–water partition coefficient (Wildman–Crippen LogP) is 3.08. The van der Waals surface area contributed by atoms with Gasteiger partial charge in [-0.15, -0.1) is 0 Å². The van der Waals surface area contributed by atoms with E-state index in [1.807, 2.05) is 38.1 Å². The monoisotopic (exact) mass is 301 g/mol. The van der Waals surface area contributed by atoms with Gasteiger partial charge >= 0.3 is 11.9 Å². The second kappa shape index (κ2) is 6.56. The van der Waals surface area contributed by atoms with Gasteiger partial charge < -0.3 is 9.47 Å². The summed E-state index contributed by atoms with van der Waals surface area (Å²) in [5.41, 5.74) is 1.94. The minimum Gasteiger partial charge on any atom is -0.466 e. The summed E-state index contributed by atoms with van der Waals surface area (Å²) in [7, 11) is 1.26. The number of esters is 2. The third kappa shape index (κ3) is 3.24. The highest BCUT2D eigenvalue weighted by Gasteiger charge is 2.22. The summed E-state index contributed by atoms with van der Waals surface area (Å²) in [5.74, 6) is -0.969. The summed E-state index contributed by atoms with van der Waals surface area (Å²) in [4.78, 5) is 28.4. The number of hydrogen-bond acceptors (Lipinski definition) is 5. The second-order valence-electron chi connectivity index (χ2n) is 5.34. The summed E-state index contributed by atoms with van der Waals surface area (Å²) in [6.07, 6.45) is -0.952. The van der Waals surface area contributed by atoms with Crippen LogP contribution in [0.15, 0.2) is 30.3 Å². The van der Waals surface area contributed by atoms with Crippen LogP contribution >= 0.6 is 0 Å². The molecule has 0 radical (unpaired) electrons. The van der Waals surface area contributed by atoms with Gasteiger partial charge in [0.1, 0.15) is 0 Å². The normalized spacial score (nSPS) is 12.2. The average Bonchev–Trinajstić information content (AvgIpc) is 2.52. The van der Waals surface area contributed by atoms with E-state index in [4.69, 9.17) is 4.74 Å². The smallest absolute Gasteiger partial charge is 0.346 e. The zero-order chi connectivity index (χ0) is 16.3. The van der Waals surface area contributed by atoms with E-state index in [9.17, 15) is 9.59 Å². The molecule has 2 rings (SSSR count). The van der Waals surface area contributed by atoms with Gasteiger partial charge in [-0.1, -0.05) is 32.0 Å². The number of ether oxygens (including phenoxy) is 2. The van der Waals surface area contributed by atoms with Crippen molar-refractivity contribution in [1.82, 2.24) is 4.98 Å². The number of para-hydroxylation sites is 1. The van der Waals surface area contributed by atoms with Crippen molar-refractivity contribution in [2.24, 2.45) is 0 Å². The molecule has 0 aliphatic rings. The van der Waals surface area contributed by atoms with E-state index in [1.54, 1.807) is 6.07 Å². The van der Waals surface area contributed by atoms with Crippen LogP contribution < -0.4 is 0 Å². The Bertz CT molecular complexity index is 709. The maximum Gasteiger partial charge on any atom is 0.346 e. The van der Waals surface area contributed by atoms with Gasteiger partial charge in [0.05, 0.1) is 18.2 Å². The fraction of sp³-hybridized carbons (Fsp3) is 0.353. The molecule has 0 spiro atoms. The molecule has 116 valence electrons. The standard InChI is InChI=1S/C17H19NO4/c1-10(2)15-9-13(12-7-5-6-8-14(12)18-15)17(20)22-11(3)16(19)21-4/h5-11H,1-4H3/t11-/m1/s1. The van der Waals surface area contributed by atoms with Gasteiger partial charge in [-0.3, -0.25) is 4.98 Å². The minimum absolute atomic E-state index is 0.175. The van der Waals surface area contributed by atoms with Gasteiger partial charge in [0.2, 0.25) is 0 Å². The molecule has 1 heterocycles. The number of hydrogen-bond donors (Lipinski definition) is 0. The third-order valence-corrected chi connectivity index (χ3v) is 3.36. The number of methoxy groups -OCH3 is 1. The van der Waals surface area contributed by atoms with E-state index in [1.165, 1.54) is 14.0 Å². The second-order valence-corrected chi connectivity index (χ2v) is 5.34. The van der Waals surface area contributed by atoms with Crippen LogP contribution in [0.4, 0.5) is 0 Å². The quantitative estimate of drug-likeness (QED) is 0.812. The number of nitrogens with zero attached hydrogens (tertiary/aromatic N) is 1. The molecule has 0 aliphatic heterocycles. The fourth-order valence-electron chi connectivity index (χ4n) is 2.10. The number of rotatable bonds is 4. The highest BCUT2D eigenvalue weighted by Crippen LogP contribution is 2.23. The molecule has 1 aromatic carbocycles. The van der Waals surface area contributed by atoms with Crippen LogP contribution in [-0.2, 0) is 14.3 Å². The van der Waals surface area contributed by atoms with Crippen LogP contribution in [0.5, 0.6) is 0 Å². The zero-order valence-electron chi connectivity index (χ0n) is 13.1. The molecule has 2 aromatic rings. The van der Waals surface area contributed by atoms with Crippen LogP contribution in [-0.4, -0.2) is 30.1 Å². The van der Waals surface area contributed by atoms with Crippen molar-refractivity contribution in [3.63, 3.8) is 0 Å². The van der Waals surface area contributed by atoms with Crippen LogP contribution in [0.3, 0.4) is 0 Å². The number of fused-ring (bicyclic) bond motifs is 1. The third-order valence-electron chi connectivity index (χ3n) is 3.36. The topological polar surface area (TPSA) is 65.5 Å². The maximum atomic E-state index is 12.4. The highest BCUT2D eigenvalue weighted by molar-refractivity contribution is 6.04. The van der Waals surface area contributed by atoms with E-state index in [2.05, 4.69) is 9.72 Å². The maximum absolute atomic E-state index is 12.4. The molecule has 1 atom stereocenters. The van der Waals surface area contributed by atoms with Gasteiger partial charge in [0, 0.05) is 11.1 Å². The highest BCUT2D eigenvalue weighted by atomic mass is 16.6. The van der Waals surface area contributed by atoms with Crippen molar-refractivity contribution in [2.75, 3.05) is 7.11 Å². The summed E-state index contributed by atoms with van der Waals surface area (Å²) < 4.78 is 9.76. The van der Waals surface area contributed by atoms with Crippen molar-refractivity contribution >= 4 is 22.8 Å².